The van der Waals surface area contributed by atoms with Crippen molar-refractivity contribution in [1.82, 2.24) is 15.1 Å². The van der Waals surface area contributed by atoms with Crippen LogP contribution in [0.5, 0.6) is 0 Å². The first-order valence-electron chi connectivity index (χ1n) is 6.06. The first-order valence-corrected chi connectivity index (χ1v) is 6.85. The molecule has 0 saturated carbocycles. The second kappa shape index (κ2) is 6.15. The van der Waals surface area contributed by atoms with Crippen LogP contribution in [0.25, 0.3) is 0 Å². The van der Waals surface area contributed by atoms with E-state index in [0.29, 0.717) is 17.1 Å². The van der Waals surface area contributed by atoms with Crippen molar-refractivity contribution < 1.29 is 0 Å². The fourth-order valence-corrected chi connectivity index (χ4v) is 2.45. The predicted molar refractivity (Wildman–Crippen MR) is 75.9 cm³/mol. The minimum atomic E-state index is -0.140. The van der Waals surface area contributed by atoms with E-state index < -0.39 is 0 Å². The Balaban J connectivity index is 2.06. The summed E-state index contributed by atoms with van der Waals surface area (Å²) in [5.41, 5.74) is 0.605. The summed E-state index contributed by atoms with van der Waals surface area (Å²) < 4.78 is 1.90. The van der Waals surface area contributed by atoms with Gasteiger partial charge in [-0.15, -0.1) is 6.58 Å². The minimum absolute atomic E-state index is 0.140. The molecule has 18 heavy (non-hydrogen) atoms. The van der Waals surface area contributed by atoms with Gasteiger partial charge in [0.1, 0.15) is 4.47 Å². The molecule has 1 aliphatic rings. The summed E-state index contributed by atoms with van der Waals surface area (Å²) >= 11 is 3.32. The number of nitrogens with one attached hydrogen (secondary N) is 2. The van der Waals surface area contributed by atoms with Crippen molar-refractivity contribution in [3.63, 3.8) is 0 Å². The molecule has 2 N–H and O–H groups in total. The molecule has 1 atom stereocenters. The average Bonchev–Trinajstić information content (AvgIpc) is 2.87. The monoisotopic (exact) mass is 312 g/mol. The molecule has 0 bridgehead atoms. The third-order valence-corrected chi connectivity index (χ3v) is 3.75. The summed E-state index contributed by atoms with van der Waals surface area (Å²) in [5, 5.41) is 10.7. The summed E-state index contributed by atoms with van der Waals surface area (Å²) in [6.07, 6.45) is 5.71. The maximum absolute atomic E-state index is 11.9. The van der Waals surface area contributed by atoms with E-state index in [-0.39, 0.29) is 5.56 Å². The van der Waals surface area contributed by atoms with Gasteiger partial charge in [0.2, 0.25) is 0 Å². The highest BCUT2D eigenvalue weighted by Gasteiger charge is 2.15. The van der Waals surface area contributed by atoms with Gasteiger partial charge in [-0.05, 0) is 35.3 Å². The van der Waals surface area contributed by atoms with Gasteiger partial charge in [-0.2, -0.15) is 5.10 Å². The second-order valence-electron chi connectivity index (χ2n) is 4.32. The molecule has 1 aliphatic heterocycles. The lowest BCUT2D eigenvalue weighted by Gasteiger charge is -2.13. The zero-order valence-electron chi connectivity index (χ0n) is 10.2. The van der Waals surface area contributed by atoms with Crippen molar-refractivity contribution in [1.29, 1.82) is 0 Å². The van der Waals surface area contributed by atoms with Crippen molar-refractivity contribution >= 4 is 21.6 Å². The quantitative estimate of drug-likeness (QED) is 0.806. The molecule has 2 rings (SSSR count). The lowest BCUT2D eigenvalue weighted by molar-refractivity contribution is 0.627. The van der Waals surface area contributed by atoms with E-state index in [4.69, 9.17) is 0 Å². The van der Waals surface area contributed by atoms with Crippen molar-refractivity contribution in [2.75, 3.05) is 18.4 Å². The van der Waals surface area contributed by atoms with Gasteiger partial charge in [-0.25, -0.2) is 4.68 Å². The number of hydrogen-bond acceptors (Lipinski definition) is 4. The van der Waals surface area contributed by atoms with E-state index in [2.05, 4.69) is 38.2 Å². The van der Waals surface area contributed by atoms with Crippen LogP contribution in [0.4, 0.5) is 5.69 Å². The third-order valence-electron chi connectivity index (χ3n) is 2.99. The molecule has 0 aromatic carbocycles. The van der Waals surface area contributed by atoms with Gasteiger partial charge in [0.05, 0.1) is 18.4 Å². The number of allylic oxidation sites excluding steroid dienone is 1. The third kappa shape index (κ3) is 3.00. The molecule has 1 aromatic heterocycles. The van der Waals surface area contributed by atoms with Crippen LogP contribution in [0.1, 0.15) is 12.8 Å². The van der Waals surface area contributed by atoms with Gasteiger partial charge in [0, 0.05) is 12.6 Å². The van der Waals surface area contributed by atoms with Crippen LogP contribution in [-0.2, 0) is 6.54 Å². The SMILES string of the molecule is C=CCn1ncc(NCC2CCCN2)c(Br)c1=O. The molecule has 0 aliphatic carbocycles. The number of aromatic nitrogens is 2. The molecule has 1 saturated heterocycles. The van der Waals surface area contributed by atoms with Crippen molar-refractivity contribution in [3.8, 4) is 0 Å². The van der Waals surface area contributed by atoms with Crippen LogP contribution >= 0.6 is 15.9 Å². The number of nitrogens with zero attached hydrogens (tertiary/aromatic N) is 2. The Labute approximate surface area is 114 Å². The van der Waals surface area contributed by atoms with E-state index in [9.17, 15) is 4.79 Å². The molecule has 1 unspecified atom stereocenters. The van der Waals surface area contributed by atoms with Crippen molar-refractivity contribution in [2.24, 2.45) is 0 Å². The summed E-state index contributed by atoms with van der Waals surface area (Å²) in [5.74, 6) is 0. The Morgan fingerprint density at radius 2 is 2.56 bits per heavy atom. The fourth-order valence-electron chi connectivity index (χ4n) is 2.00. The average molecular weight is 313 g/mol. The molecule has 1 fully saturated rings. The van der Waals surface area contributed by atoms with Gasteiger partial charge in [0.15, 0.2) is 0 Å². The lowest BCUT2D eigenvalue weighted by Crippen LogP contribution is -2.30. The lowest BCUT2D eigenvalue weighted by atomic mass is 10.2. The normalized spacial score (nSPS) is 18.8. The van der Waals surface area contributed by atoms with E-state index in [1.165, 1.54) is 17.5 Å². The highest BCUT2D eigenvalue weighted by Crippen LogP contribution is 2.16. The van der Waals surface area contributed by atoms with Crippen molar-refractivity contribution in [2.45, 2.75) is 25.4 Å². The molecule has 1 aromatic rings. The zero-order chi connectivity index (χ0) is 13.0. The summed E-state index contributed by atoms with van der Waals surface area (Å²) in [6, 6.07) is 0.479. The Kier molecular flexibility index (Phi) is 4.54. The highest BCUT2D eigenvalue weighted by atomic mass is 79.9. The van der Waals surface area contributed by atoms with Crippen LogP contribution in [0, 0.1) is 0 Å². The standard InChI is InChI=1S/C12H17BrN4O/c1-2-6-17-12(18)11(13)10(8-16-17)15-7-9-4-3-5-14-9/h2,8-9,14-15H,1,3-7H2. The zero-order valence-corrected chi connectivity index (χ0v) is 11.7. The van der Waals surface area contributed by atoms with Crippen molar-refractivity contribution in [3.05, 3.63) is 33.7 Å². The molecule has 0 spiro atoms. The molecular weight excluding hydrogens is 296 g/mol. The van der Waals surface area contributed by atoms with Crippen LogP contribution in [-0.4, -0.2) is 28.9 Å². The van der Waals surface area contributed by atoms with Crippen LogP contribution in [0.3, 0.4) is 0 Å². The Bertz CT molecular complexity index is 479. The number of anilines is 1. The van der Waals surface area contributed by atoms with E-state index in [1.54, 1.807) is 12.3 Å². The van der Waals surface area contributed by atoms with E-state index >= 15 is 0 Å². The Hall–Kier alpha value is -1.14. The Morgan fingerprint density at radius 1 is 1.72 bits per heavy atom. The van der Waals surface area contributed by atoms with E-state index in [1.807, 2.05) is 0 Å². The first-order chi connectivity index (χ1) is 8.72. The topological polar surface area (TPSA) is 59.0 Å². The summed E-state index contributed by atoms with van der Waals surface area (Å²) in [6.45, 7) is 5.90. The number of halogens is 1. The van der Waals surface area contributed by atoms with Gasteiger partial charge >= 0.3 is 0 Å². The highest BCUT2D eigenvalue weighted by molar-refractivity contribution is 9.10. The number of hydrogen-bond donors (Lipinski definition) is 2. The van der Waals surface area contributed by atoms with Gasteiger partial charge < -0.3 is 10.6 Å². The van der Waals surface area contributed by atoms with Crippen LogP contribution in [0.15, 0.2) is 28.1 Å². The van der Waals surface area contributed by atoms with Crippen LogP contribution < -0.4 is 16.2 Å². The molecular formula is C12H17BrN4O. The van der Waals surface area contributed by atoms with Gasteiger partial charge in [-0.3, -0.25) is 4.79 Å². The van der Waals surface area contributed by atoms with Crippen LogP contribution in [0.2, 0.25) is 0 Å². The maximum Gasteiger partial charge on any atom is 0.283 e. The molecule has 98 valence electrons. The molecule has 0 radical (unpaired) electrons. The minimum Gasteiger partial charge on any atom is -0.381 e. The molecule has 6 heteroatoms. The molecule has 0 amide bonds. The Morgan fingerprint density at radius 3 is 3.22 bits per heavy atom. The predicted octanol–water partition coefficient (Wildman–Crippen LogP) is 1.36. The van der Waals surface area contributed by atoms with Gasteiger partial charge in [-0.1, -0.05) is 6.08 Å². The van der Waals surface area contributed by atoms with E-state index in [0.717, 1.165) is 18.8 Å². The summed E-state index contributed by atoms with van der Waals surface area (Å²) in [4.78, 5) is 11.9. The summed E-state index contributed by atoms with van der Waals surface area (Å²) in [7, 11) is 0. The van der Waals surface area contributed by atoms with Gasteiger partial charge in [0.25, 0.3) is 5.56 Å². The largest absolute Gasteiger partial charge is 0.381 e. The molecule has 5 nitrogen and oxygen atoms in total. The molecule has 2 heterocycles. The second-order valence-corrected chi connectivity index (χ2v) is 5.12. The number of rotatable bonds is 5. The first kappa shape index (κ1) is 13.3. The fraction of sp³-hybridized carbons (Fsp3) is 0.500. The smallest absolute Gasteiger partial charge is 0.283 e. The maximum atomic E-state index is 11.9.